The number of hydrogen-bond donors (Lipinski definition) is 1. The number of phenolic OH excluding ortho intramolecular Hbond substituents is 1. The minimum absolute atomic E-state index is 0.254. The Morgan fingerprint density at radius 2 is 1.67 bits per heavy atom. The van der Waals surface area contributed by atoms with E-state index in [-0.39, 0.29) is 5.75 Å². The molecule has 4 rings (SSSR count). The van der Waals surface area contributed by atoms with Crippen LogP contribution in [0.25, 0.3) is 26.8 Å². The van der Waals surface area contributed by atoms with Crippen LogP contribution in [-0.4, -0.2) is 19.7 Å². The summed E-state index contributed by atoms with van der Waals surface area (Å²) in [5, 5.41) is 14.9. The van der Waals surface area contributed by atoms with Gasteiger partial charge in [-0.2, -0.15) is 5.10 Å². The van der Waals surface area contributed by atoms with Crippen LogP contribution < -0.4 is 0 Å². The average molecular weight is 293 g/mol. The number of hydrogen-bond acceptors (Lipinski definition) is 4. The van der Waals surface area contributed by atoms with E-state index in [0.29, 0.717) is 0 Å². The van der Waals surface area contributed by atoms with E-state index in [9.17, 15) is 5.11 Å². The number of benzene rings is 2. The molecule has 5 heteroatoms. The molecule has 0 saturated carbocycles. The molecular weight excluding hydrogens is 282 g/mol. The lowest BCUT2D eigenvalue weighted by molar-refractivity contribution is 0.475. The monoisotopic (exact) mass is 293 g/mol. The topological polar surface area (TPSA) is 50.4 Å². The van der Waals surface area contributed by atoms with Crippen LogP contribution >= 0.6 is 11.3 Å². The van der Waals surface area contributed by atoms with E-state index >= 15 is 0 Å². The Hall–Kier alpha value is -2.66. The lowest BCUT2D eigenvalue weighted by Gasteiger charge is -1.96. The van der Waals surface area contributed by atoms with Crippen molar-refractivity contribution in [2.45, 2.75) is 0 Å². The van der Waals surface area contributed by atoms with E-state index in [1.54, 1.807) is 28.0 Å². The van der Waals surface area contributed by atoms with Gasteiger partial charge in [0.25, 0.3) is 0 Å². The number of aromatic nitrogens is 3. The molecule has 102 valence electrons. The fourth-order valence-electron chi connectivity index (χ4n) is 2.17. The van der Waals surface area contributed by atoms with E-state index in [4.69, 9.17) is 0 Å². The predicted molar refractivity (Wildman–Crippen MR) is 83.4 cm³/mol. The predicted octanol–water partition coefficient (Wildman–Crippen LogP) is 3.83. The number of fused-ring (bicyclic) bond motifs is 1. The molecule has 4 nitrogen and oxygen atoms in total. The molecule has 0 spiro atoms. The normalized spacial score (nSPS) is 11.0. The van der Waals surface area contributed by atoms with E-state index in [2.05, 4.69) is 10.1 Å². The van der Waals surface area contributed by atoms with Crippen molar-refractivity contribution in [1.82, 2.24) is 14.6 Å². The molecule has 0 aliphatic carbocycles. The molecule has 21 heavy (non-hydrogen) atoms. The van der Waals surface area contributed by atoms with E-state index in [0.717, 1.165) is 26.8 Å². The summed E-state index contributed by atoms with van der Waals surface area (Å²) in [6.07, 6.45) is 1.91. The summed E-state index contributed by atoms with van der Waals surface area (Å²) in [6.45, 7) is 0. The Morgan fingerprint density at radius 3 is 2.38 bits per heavy atom. The highest BCUT2D eigenvalue weighted by molar-refractivity contribution is 7.19. The first-order chi connectivity index (χ1) is 10.3. The quantitative estimate of drug-likeness (QED) is 0.611. The summed E-state index contributed by atoms with van der Waals surface area (Å²) in [4.78, 5) is 5.45. The maximum Gasteiger partial charge on any atom is 0.213 e. The minimum atomic E-state index is 0.254. The van der Waals surface area contributed by atoms with Crippen molar-refractivity contribution in [3.63, 3.8) is 0 Å². The Balaban J connectivity index is 1.75. The van der Waals surface area contributed by atoms with Gasteiger partial charge in [0.1, 0.15) is 10.8 Å². The highest BCUT2D eigenvalue weighted by atomic mass is 32.1. The second-order valence-electron chi connectivity index (χ2n) is 4.67. The van der Waals surface area contributed by atoms with Crippen LogP contribution in [0.3, 0.4) is 0 Å². The third-order valence-electron chi connectivity index (χ3n) is 3.23. The first-order valence-electron chi connectivity index (χ1n) is 6.51. The summed E-state index contributed by atoms with van der Waals surface area (Å²) in [5.74, 6) is 0.254. The fraction of sp³-hybridized carbons (Fsp3) is 0. The summed E-state index contributed by atoms with van der Waals surface area (Å²) < 4.78 is 1.80. The van der Waals surface area contributed by atoms with Gasteiger partial charge in [-0.1, -0.05) is 41.7 Å². The van der Waals surface area contributed by atoms with Gasteiger partial charge in [-0.25, -0.2) is 9.50 Å². The minimum Gasteiger partial charge on any atom is -0.508 e. The number of imidazole rings is 1. The van der Waals surface area contributed by atoms with Crippen LogP contribution in [0.5, 0.6) is 5.75 Å². The summed E-state index contributed by atoms with van der Waals surface area (Å²) in [7, 11) is 0. The van der Waals surface area contributed by atoms with Crippen LogP contribution in [0, 0.1) is 0 Å². The van der Waals surface area contributed by atoms with Gasteiger partial charge in [-0.15, -0.1) is 0 Å². The third kappa shape index (κ3) is 2.17. The third-order valence-corrected chi connectivity index (χ3v) is 4.20. The van der Waals surface area contributed by atoms with Crippen molar-refractivity contribution in [3.8, 4) is 27.6 Å². The molecule has 0 atom stereocenters. The first-order valence-corrected chi connectivity index (χ1v) is 7.32. The van der Waals surface area contributed by atoms with E-state index in [1.165, 1.54) is 0 Å². The van der Waals surface area contributed by atoms with Crippen LogP contribution in [0.2, 0.25) is 0 Å². The molecule has 2 heterocycles. The highest BCUT2D eigenvalue weighted by Gasteiger charge is 2.10. The van der Waals surface area contributed by atoms with Crippen LogP contribution in [-0.2, 0) is 0 Å². The second-order valence-corrected chi connectivity index (χ2v) is 5.63. The lowest BCUT2D eigenvalue weighted by Crippen LogP contribution is -1.82. The molecule has 0 amide bonds. The van der Waals surface area contributed by atoms with E-state index in [1.807, 2.05) is 48.7 Å². The number of rotatable bonds is 2. The molecule has 0 saturated heterocycles. The maximum atomic E-state index is 9.33. The van der Waals surface area contributed by atoms with Gasteiger partial charge in [0.15, 0.2) is 0 Å². The van der Waals surface area contributed by atoms with Crippen molar-refractivity contribution in [1.29, 1.82) is 0 Å². The molecule has 0 aliphatic heterocycles. The SMILES string of the molecule is Oc1ccc(-c2cn3nc(-c4ccccc4)sc3n2)cc1. The van der Waals surface area contributed by atoms with Gasteiger partial charge < -0.3 is 5.11 Å². The summed E-state index contributed by atoms with van der Waals surface area (Å²) in [6, 6.07) is 17.1. The fourth-order valence-corrected chi connectivity index (χ4v) is 3.06. The van der Waals surface area contributed by atoms with Gasteiger partial charge >= 0.3 is 0 Å². The molecule has 4 aromatic rings. The van der Waals surface area contributed by atoms with Crippen LogP contribution in [0.15, 0.2) is 60.8 Å². The lowest BCUT2D eigenvalue weighted by atomic mass is 10.2. The molecule has 2 aromatic heterocycles. The van der Waals surface area contributed by atoms with Crippen LogP contribution in [0.1, 0.15) is 0 Å². The molecule has 0 aliphatic rings. The van der Waals surface area contributed by atoms with Crippen molar-refractivity contribution >= 4 is 16.3 Å². The second kappa shape index (κ2) is 4.71. The zero-order valence-corrected chi connectivity index (χ0v) is 11.8. The number of nitrogens with zero attached hydrogens (tertiary/aromatic N) is 3. The molecule has 0 fully saturated rings. The summed E-state index contributed by atoms with van der Waals surface area (Å²) in [5.41, 5.74) is 2.92. The Morgan fingerprint density at radius 1 is 0.905 bits per heavy atom. The largest absolute Gasteiger partial charge is 0.508 e. The first kappa shape index (κ1) is 12.1. The van der Waals surface area contributed by atoms with Crippen LogP contribution in [0.4, 0.5) is 0 Å². The molecule has 0 unspecified atom stereocenters. The zero-order valence-electron chi connectivity index (χ0n) is 11.0. The van der Waals surface area contributed by atoms with Gasteiger partial charge in [0, 0.05) is 11.1 Å². The molecule has 0 radical (unpaired) electrons. The molecular formula is C16H11N3OS. The molecule has 2 aromatic carbocycles. The summed E-state index contributed by atoms with van der Waals surface area (Å²) >= 11 is 1.56. The highest BCUT2D eigenvalue weighted by Crippen LogP contribution is 2.28. The maximum absolute atomic E-state index is 9.33. The van der Waals surface area contributed by atoms with Crippen molar-refractivity contribution in [2.75, 3.05) is 0 Å². The Labute approximate surface area is 125 Å². The van der Waals surface area contributed by atoms with Gasteiger partial charge in [-0.3, -0.25) is 0 Å². The standard InChI is InChI=1S/C16H11N3OS/c20-13-8-6-11(7-9-13)14-10-19-16(17-14)21-15(18-19)12-4-2-1-3-5-12/h1-10,20H. The van der Waals surface area contributed by atoms with Crippen molar-refractivity contribution in [2.24, 2.45) is 0 Å². The Kier molecular flexibility index (Phi) is 2.72. The zero-order chi connectivity index (χ0) is 14.2. The van der Waals surface area contributed by atoms with Crippen molar-refractivity contribution < 1.29 is 5.11 Å². The molecule has 1 N–H and O–H groups in total. The molecule has 0 bridgehead atoms. The van der Waals surface area contributed by atoms with Gasteiger partial charge in [-0.05, 0) is 24.3 Å². The van der Waals surface area contributed by atoms with Gasteiger partial charge in [0.2, 0.25) is 4.96 Å². The Bertz CT molecular complexity index is 863. The number of phenols is 1. The van der Waals surface area contributed by atoms with Crippen molar-refractivity contribution in [3.05, 3.63) is 60.8 Å². The van der Waals surface area contributed by atoms with Gasteiger partial charge in [0.05, 0.1) is 11.9 Å². The average Bonchev–Trinajstić information content (AvgIpc) is 3.07. The van der Waals surface area contributed by atoms with E-state index < -0.39 is 0 Å². The smallest absolute Gasteiger partial charge is 0.213 e. The number of aromatic hydroxyl groups is 1.